The van der Waals surface area contributed by atoms with Gasteiger partial charge in [0.1, 0.15) is 0 Å². The summed E-state index contributed by atoms with van der Waals surface area (Å²) in [6.07, 6.45) is 7.75. The Morgan fingerprint density at radius 3 is 2.48 bits per heavy atom. The Morgan fingerprint density at radius 1 is 1.10 bits per heavy atom. The van der Waals surface area contributed by atoms with Crippen molar-refractivity contribution in [3.8, 4) is 0 Å². The first-order valence-electron chi connectivity index (χ1n) is 8.43. The van der Waals surface area contributed by atoms with Crippen LogP contribution in [0.3, 0.4) is 0 Å². The van der Waals surface area contributed by atoms with Crippen LogP contribution in [0.15, 0.2) is 0 Å². The van der Waals surface area contributed by atoms with Crippen LogP contribution in [0, 0.1) is 0 Å². The lowest BCUT2D eigenvalue weighted by molar-refractivity contribution is -0.151. The summed E-state index contributed by atoms with van der Waals surface area (Å²) in [5.41, 5.74) is -0.0867. The highest BCUT2D eigenvalue weighted by Crippen LogP contribution is 2.37. The summed E-state index contributed by atoms with van der Waals surface area (Å²) in [6.45, 7) is 4.76. The fourth-order valence-electron chi connectivity index (χ4n) is 4.41. The second-order valence-corrected chi connectivity index (χ2v) is 6.86. The molecule has 1 unspecified atom stereocenters. The summed E-state index contributed by atoms with van der Waals surface area (Å²) in [5, 5.41) is 3.31. The average Bonchev–Trinajstić information content (AvgIpc) is 3.01. The lowest BCUT2D eigenvalue weighted by Gasteiger charge is -2.52. The Bertz CT molecular complexity index is 412. The minimum absolute atomic E-state index is 0.00881. The first-order valence-corrected chi connectivity index (χ1v) is 8.43. The third kappa shape index (κ3) is 2.80. The number of amides is 2. The highest BCUT2D eigenvalue weighted by atomic mass is 16.2. The van der Waals surface area contributed by atoms with Crippen LogP contribution in [0.1, 0.15) is 51.9 Å². The maximum atomic E-state index is 12.7. The lowest BCUT2D eigenvalue weighted by atomic mass is 9.78. The minimum Gasteiger partial charge on any atom is -0.337 e. The van der Waals surface area contributed by atoms with E-state index >= 15 is 0 Å². The van der Waals surface area contributed by atoms with Crippen molar-refractivity contribution >= 4 is 11.8 Å². The van der Waals surface area contributed by atoms with Crippen molar-refractivity contribution in [3.05, 3.63) is 0 Å². The largest absolute Gasteiger partial charge is 0.337 e. The number of hydrogen-bond acceptors (Lipinski definition) is 3. The SMILES string of the molecule is CC(=O)N1CCN(C(=O)C2CCCN2)CC12CCCCC2. The number of carbonyl (C=O) groups is 2. The molecule has 2 saturated heterocycles. The monoisotopic (exact) mass is 293 g/mol. The number of rotatable bonds is 1. The molecule has 1 aliphatic carbocycles. The molecule has 118 valence electrons. The molecule has 2 aliphatic heterocycles. The van der Waals surface area contributed by atoms with E-state index in [1.165, 1.54) is 19.3 Å². The van der Waals surface area contributed by atoms with E-state index in [2.05, 4.69) is 10.2 Å². The molecule has 1 atom stereocenters. The van der Waals surface area contributed by atoms with Gasteiger partial charge in [0.2, 0.25) is 11.8 Å². The van der Waals surface area contributed by atoms with Crippen molar-refractivity contribution in [2.75, 3.05) is 26.2 Å². The van der Waals surface area contributed by atoms with Gasteiger partial charge in [-0.1, -0.05) is 19.3 Å². The van der Waals surface area contributed by atoms with Crippen molar-refractivity contribution in [1.82, 2.24) is 15.1 Å². The van der Waals surface area contributed by atoms with Crippen LogP contribution in [0.5, 0.6) is 0 Å². The van der Waals surface area contributed by atoms with Crippen LogP contribution in [0.2, 0.25) is 0 Å². The summed E-state index contributed by atoms with van der Waals surface area (Å²) in [5.74, 6) is 0.420. The standard InChI is InChI=1S/C16H27N3O2/c1-13(20)19-11-10-18(15(21)14-6-5-9-17-14)12-16(19)7-3-2-4-8-16/h14,17H,2-12H2,1H3. The van der Waals surface area contributed by atoms with E-state index < -0.39 is 0 Å². The second-order valence-electron chi connectivity index (χ2n) is 6.86. The van der Waals surface area contributed by atoms with Crippen LogP contribution in [-0.2, 0) is 9.59 Å². The molecule has 1 N–H and O–H groups in total. The predicted molar refractivity (Wildman–Crippen MR) is 80.8 cm³/mol. The molecule has 0 bridgehead atoms. The Balaban J connectivity index is 1.74. The van der Waals surface area contributed by atoms with Crippen LogP contribution in [0.25, 0.3) is 0 Å². The van der Waals surface area contributed by atoms with Crippen molar-refractivity contribution in [2.24, 2.45) is 0 Å². The van der Waals surface area contributed by atoms with Crippen molar-refractivity contribution in [1.29, 1.82) is 0 Å². The van der Waals surface area contributed by atoms with E-state index in [0.717, 1.165) is 38.8 Å². The molecule has 2 heterocycles. The molecule has 0 aromatic rings. The molecule has 2 amide bonds. The van der Waals surface area contributed by atoms with E-state index in [1.807, 2.05) is 4.90 Å². The summed E-state index contributed by atoms with van der Waals surface area (Å²) in [6, 6.07) is 0.00881. The summed E-state index contributed by atoms with van der Waals surface area (Å²) >= 11 is 0. The molecule has 5 heteroatoms. The molecule has 0 aromatic carbocycles. The molecule has 0 radical (unpaired) electrons. The molecule has 3 rings (SSSR count). The van der Waals surface area contributed by atoms with Gasteiger partial charge in [-0.25, -0.2) is 0 Å². The number of hydrogen-bond donors (Lipinski definition) is 1. The van der Waals surface area contributed by atoms with E-state index in [4.69, 9.17) is 0 Å². The van der Waals surface area contributed by atoms with Gasteiger partial charge in [0.05, 0.1) is 11.6 Å². The number of nitrogens with one attached hydrogen (secondary N) is 1. The Morgan fingerprint density at radius 2 is 1.86 bits per heavy atom. The quantitative estimate of drug-likeness (QED) is 0.788. The van der Waals surface area contributed by atoms with Crippen molar-refractivity contribution < 1.29 is 9.59 Å². The molecule has 0 aromatic heterocycles. The number of carbonyl (C=O) groups excluding carboxylic acids is 2. The highest BCUT2D eigenvalue weighted by Gasteiger charge is 2.45. The zero-order chi connectivity index (χ0) is 14.9. The number of nitrogens with zero attached hydrogens (tertiary/aromatic N) is 2. The third-order valence-electron chi connectivity index (χ3n) is 5.49. The zero-order valence-corrected chi connectivity index (χ0v) is 13.1. The smallest absolute Gasteiger partial charge is 0.239 e. The molecular weight excluding hydrogens is 266 g/mol. The summed E-state index contributed by atoms with van der Waals surface area (Å²) < 4.78 is 0. The van der Waals surface area contributed by atoms with Gasteiger partial charge in [0.15, 0.2) is 0 Å². The first kappa shape index (κ1) is 14.8. The van der Waals surface area contributed by atoms with E-state index in [-0.39, 0.29) is 23.4 Å². The van der Waals surface area contributed by atoms with Crippen LogP contribution < -0.4 is 5.32 Å². The lowest BCUT2D eigenvalue weighted by Crippen LogP contribution is -2.66. The highest BCUT2D eigenvalue weighted by molar-refractivity contribution is 5.83. The maximum absolute atomic E-state index is 12.7. The summed E-state index contributed by atoms with van der Waals surface area (Å²) in [4.78, 5) is 28.8. The van der Waals surface area contributed by atoms with Gasteiger partial charge >= 0.3 is 0 Å². The topological polar surface area (TPSA) is 52.7 Å². The normalized spacial score (nSPS) is 28.9. The second kappa shape index (κ2) is 5.95. The number of piperazine rings is 1. The molecule has 3 fully saturated rings. The van der Waals surface area contributed by atoms with Gasteiger partial charge in [-0.15, -0.1) is 0 Å². The van der Waals surface area contributed by atoms with Crippen molar-refractivity contribution in [3.63, 3.8) is 0 Å². The van der Waals surface area contributed by atoms with E-state index in [0.29, 0.717) is 13.1 Å². The van der Waals surface area contributed by atoms with E-state index in [9.17, 15) is 9.59 Å². The fraction of sp³-hybridized carbons (Fsp3) is 0.875. The Hall–Kier alpha value is -1.10. The molecule has 1 spiro atoms. The predicted octanol–water partition coefficient (Wildman–Crippen LogP) is 1.13. The molecule has 3 aliphatic rings. The van der Waals surface area contributed by atoms with Gasteiger partial charge < -0.3 is 15.1 Å². The Labute approximate surface area is 127 Å². The Kier molecular flexibility index (Phi) is 4.20. The molecular formula is C16H27N3O2. The van der Waals surface area contributed by atoms with Crippen LogP contribution >= 0.6 is 0 Å². The minimum atomic E-state index is -0.0867. The fourth-order valence-corrected chi connectivity index (χ4v) is 4.41. The van der Waals surface area contributed by atoms with Gasteiger partial charge in [0, 0.05) is 26.6 Å². The van der Waals surface area contributed by atoms with Crippen molar-refractivity contribution in [2.45, 2.75) is 63.5 Å². The maximum Gasteiger partial charge on any atom is 0.239 e. The first-order chi connectivity index (χ1) is 10.1. The van der Waals surface area contributed by atoms with Gasteiger partial charge in [-0.2, -0.15) is 0 Å². The van der Waals surface area contributed by atoms with Crippen LogP contribution in [-0.4, -0.2) is 59.4 Å². The third-order valence-corrected chi connectivity index (χ3v) is 5.49. The zero-order valence-electron chi connectivity index (χ0n) is 13.1. The molecule has 1 saturated carbocycles. The average molecular weight is 293 g/mol. The van der Waals surface area contributed by atoms with E-state index in [1.54, 1.807) is 6.92 Å². The van der Waals surface area contributed by atoms with Crippen LogP contribution in [0.4, 0.5) is 0 Å². The van der Waals surface area contributed by atoms with Gasteiger partial charge in [-0.3, -0.25) is 9.59 Å². The summed E-state index contributed by atoms with van der Waals surface area (Å²) in [7, 11) is 0. The van der Waals surface area contributed by atoms with Gasteiger partial charge in [0.25, 0.3) is 0 Å². The molecule has 21 heavy (non-hydrogen) atoms. The molecule has 5 nitrogen and oxygen atoms in total. The van der Waals surface area contributed by atoms with Gasteiger partial charge in [-0.05, 0) is 32.2 Å².